The van der Waals surface area contributed by atoms with E-state index < -0.39 is 0 Å². The maximum absolute atomic E-state index is 15.3. The Morgan fingerprint density at radius 3 is 2.86 bits per heavy atom. The largest absolute Gasteiger partial charge is 0.383 e. The van der Waals surface area contributed by atoms with Gasteiger partial charge in [-0.1, -0.05) is 13.0 Å². The number of nitrogens with one attached hydrogen (secondary N) is 1. The van der Waals surface area contributed by atoms with Crippen LogP contribution in [0.4, 0.5) is 21.7 Å². The lowest BCUT2D eigenvalue weighted by atomic mass is 9.85. The molecule has 1 amide bonds. The molecule has 1 unspecified atom stereocenters. The van der Waals surface area contributed by atoms with Gasteiger partial charge in [-0.25, -0.2) is 14.4 Å². The fraction of sp³-hybridized carbons (Fsp3) is 0.444. The minimum Gasteiger partial charge on any atom is -0.383 e. The number of piperidine rings is 1. The van der Waals surface area contributed by atoms with E-state index >= 15 is 4.39 Å². The molecule has 1 saturated carbocycles. The Morgan fingerprint density at radius 1 is 1.20 bits per heavy atom. The Labute approximate surface area is 202 Å². The Bertz CT molecular complexity index is 1400. The van der Waals surface area contributed by atoms with E-state index in [0.717, 1.165) is 71.2 Å². The summed E-state index contributed by atoms with van der Waals surface area (Å²) in [6.45, 7) is 4.09. The Morgan fingerprint density at radius 2 is 2.03 bits per heavy atom. The lowest BCUT2D eigenvalue weighted by Gasteiger charge is -2.40. The van der Waals surface area contributed by atoms with Crippen molar-refractivity contribution in [3.8, 4) is 0 Å². The summed E-state index contributed by atoms with van der Waals surface area (Å²) in [6.07, 6.45) is 6.15. The number of pyridine rings is 2. The number of fused-ring (bicyclic) bond motifs is 4. The highest BCUT2D eigenvalue weighted by atomic mass is 19.1. The number of hydrogen-bond acceptors (Lipinski definition) is 6. The topological polar surface area (TPSA) is 93.4 Å². The van der Waals surface area contributed by atoms with Crippen molar-refractivity contribution in [2.75, 3.05) is 22.5 Å². The van der Waals surface area contributed by atoms with E-state index in [1.807, 2.05) is 0 Å². The van der Waals surface area contributed by atoms with Gasteiger partial charge < -0.3 is 20.7 Å². The van der Waals surface area contributed by atoms with Gasteiger partial charge in [-0.2, -0.15) is 0 Å². The second kappa shape index (κ2) is 7.37. The molecule has 1 saturated heterocycles. The number of nitrogens with two attached hydrogens (primary N) is 1. The Hall–Kier alpha value is -3.26. The van der Waals surface area contributed by atoms with E-state index in [0.29, 0.717) is 37.1 Å². The summed E-state index contributed by atoms with van der Waals surface area (Å²) >= 11 is 0. The van der Waals surface area contributed by atoms with Gasteiger partial charge in [0.25, 0.3) is 0 Å². The lowest BCUT2D eigenvalue weighted by molar-refractivity contribution is -0.121. The van der Waals surface area contributed by atoms with E-state index in [4.69, 9.17) is 15.5 Å². The zero-order chi connectivity index (χ0) is 23.9. The van der Waals surface area contributed by atoms with Crippen LogP contribution in [-0.4, -0.2) is 22.4 Å². The van der Waals surface area contributed by atoms with Crippen molar-refractivity contribution in [2.24, 2.45) is 11.3 Å². The van der Waals surface area contributed by atoms with Crippen LogP contribution < -0.4 is 16.0 Å². The normalized spacial score (nSPS) is 24.4. The molecule has 0 bridgehead atoms. The molecule has 5 heterocycles. The monoisotopic (exact) mass is 473 g/mol. The molecule has 4 aliphatic rings. The van der Waals surface area contributed by atoms with Crippen LogP contribution in [0.25, 0.3) is 10.9 Å². The van der Waals surface area contributed by atoms with Gasteiger partial charge in [0.05, 0.1) is 42.1 Å². The first-order valence-electron chi connectivity index (χ1n) is 12.5. The predicted molar refractivity (Wildman–Crippen MR) is 131 cm³/mol. The molecule has 7 rings (SSSR count). The molecule has 180 valence electrons. The number of nitrogens with zero attached hydrogens (tertiary/aromatic N) is 3. The fourth-order valence-electron chi connectivity index (χ4n) is 6.18. The highest BCUT2D eigenvalue weighted by molar-refractivity contribution is 6.00. The SMILES string of the molecule is C[C@H]1CCC(c2cc(F)c3c(c2)CC2(CC2)C(=O)N3)N(c2cc3c4c(c(N)nc3cn2)COC4)C1. The number of rotatable bonds is 2. The molecule has 1 spiro atoms. The number of anilines is 3. The predicted octanol–water partition coefficient (Wildman–Crippen LogP) is 4.63. The van der Waals surface area contributed by atoms with Gasteiger partial charge in [0.2, 0.25) is 5.91 Å². The van der Waals surface area contributed by atoms with Gasteiger partial charge >= 0.3 is 0 Å². The number of hydrogen-bond donors (Lipinski definition) is 2. The summed E-state index contributed by atoms with van der Waals surface area (Å²) in [6, 6.07) is 5.82. The van der Waals surface area contributed by atoms with E-state index in [9.17, 15) is 4.79 Å². The van der Waals surface area contributed by atoms with Crippen molar-refractivity contribution >= 4 is 34.1 Å². The number of nitrogen functional groups attached to an aromatic ring is 1. The van der Waals surface area contributed by atoms with Gasteiger partial charge in [0, 0.05) is 17.5 Å². The molecule has 2 atom stereocenters. The van der Waals surface area contributed by atoms with Crippen LogP contribution in [-0.2, 0) is 29.2 Å². The first-order chi connectivity index (χ1) is 16.9. The molecule has 1 aromatic carbocycles. The number of benzene rings is 1. The highest BCUT2D eigenvalue weighted by Crippen LogP contribution is 2.53. The minimum atomic E-state index is -0.346. The zero-order valence-electron chi connectivity index (χ0n) is 19.7. The summed E-state index contributed by atoms with van der Waals surface area (Å²) in [5.74, 6) is 1.49. The molecular weight excluding hydrogens is 445 g/mol. The molecule has 1 aliphatic carbocycles. The summed E-state index contributed by atoms with van der Waals surface area (Å²) in [5.41, 5.74) is 10.9. The summed E-state index contributed by atoms with van der Waals surface area (Å²) in [5, 5.41) is 3.86. The van der Waals surface area contributed by atoms with Crippen molar-refractivity contribution in [3.05, 3.63) is 52.5 Å². The minimum absolute atomic E-state index is 0.00905. The van der Waals surface area contributed by atoms with E-state index in [1.54, 1.807) is 12.3 Å². The second-order valence-electron chi connectivity index (χ2n) is 10.8. The number of ether oxygens (including phenoxy) is 1. The molecule has 3 aliphatic heterocycles. The number of halogens is 1. The zero-order valence-corrected chi connectivity index (χ0v) is 19.7. The third-order valence-corrected chi connectivity index (χ3v) is 8.39. The third-order valence-electron chi connectivity index (χ3n) is 8.39. The third kappa shape index (κ3) is 3.22. The van der Waals surface area contributed by atoms with Gasteiger partial charge in [-0.05, 0) is 66.8 Å². The maximum atomic E-state index is 15.3. The fourth-order valence-corrected chi connectivity index (χ4v) is 6.18. The van der Waals surface area contributed by atoms with E-state index in [2.05, 4.69) is 34.3 Å². The van der Waals surface area contributed by atoms with Gasteiger partial charge in [0.1, 0.15) is 17.5 Å². The summed E-state index contributed by atoms with van der Waals surface area (Å²) < 4.78 is 20.9. The van der Waals surface area contributed by atoms with Gasteiger partial charge in [-0.15, -0.1) is 0 Å². The van der Waals surface area contributed by atoms with Crippen molar-refractivity contribution < 1.29 is 13.9 Å². The van der Waals surface area contributed by atoms with Crippen LogP contribution >= 0.6 is 0 Å². The van der Waals surface area contributed by atoms with Gasteiger partial charge in [0.15, 0.2) is 0 Å². The molecule has 8 heteroatoms. The van der Waals surface area contributed by atoms with Crippen molar-refractivity contribution in [1.29, 1.82) is 0 Å². The van der Waals surface area contributed by atoms with Crippen LogP contribution in [0, 0.1) is 17.2 Å². The highest BCUT2D eigenvalue weighted by Gasteiger charge is 2.52. The Kier molecular flexibility index (Phi) is 4.43. The smallest absolute Gasteiger partial charge is 0.231 e. The van der Waals surface area contributed by atoms with Crippen LogP contribution in [0.2, 0.25) is 0 Å². The molecule has 35 heavy (non-hydrogen) atoms. The average molecular weight is 474 g/mol. The number of amides is 1. The first-order valence-corrected chi connectivity index (χ1v) is 12.5. The molecule has 2 aromatic heterocycles. The Balaban J connectivity index is 1.30. The van der Waals surface area contributed by atoms with Gasteiger partial charge in [-0.3, -0.25) is 4.79 Å². The van der Waals surface area contributed by atoms with Crippen LogP contribution in [0.3, 0.4) is 0 Å². The summed E-state index contributed by atoms with van der Waals surface area (Å²) in [7, 11) is 0. The standard InChI is InChI=1S/C27H28FN5O2/c1-14-2-3-22(15-6-16-9-27(4-5-27)26(34)32-24(16)20(28)7-15)33(11-14)23-8-17-18-12-35-13-19(18)25(29)31-21(17)10-30-23/h6-8,10,14,22H,2-5,9,11-13H2,1H3,(H2,29,31)(H,32,34)/t14-,22?/m0/s1. The van der Waals surface area contributed by atoms with E-state index in [1.165, 1.54) is 0 Å². The van der Waals surface area contributed by atoms with Crippen LogP contribution in [0.5, 0.6) is 0 Å². The lowest BCUT2D eigenvalue weighted by Crippen LogP contribution is -2.38. The van der Waals surface area contributed by atoms with E-state index in [-0.39, 0.29) is 23.2 Å². The molecule has 2 fully saturated rings. The first kappa shape index (κ1) is 21.1. The molecule has 3 N–H and O–H groups in total. The molecular formula is C27H28FN5O2. The molecule has 3 aromatic rings. The van der Waals surface area contributed by atoms with Crippen molar-refractivity contribution in [3.63, 3.8) is 0 Å². The van der Waals surface area contributed by atoms with Crippen LogP contribution in [0.15, 0.2) is 24.4 Å². The summed E-state index contributed by atoms with van der Waals surface area (Å²) in [4.78, 5) is 24.1. The molecule has 0 radical (unpaired) electrons. The molecule has 7 nitrogen and oxygen atoms in total. The average Bonchev–Trinajstić information content (AvgIpc) is 3.42. The van der Waals surface area contributed by atoms with Crippen molar-refractivity contribution in [1.82, 2.24) is 9.97 Å². The second-order valence-corrected chi connectivity index (χ2v) is 10.8. The quantitative estimate of drug-likeness (QED) is 0.564. The van der Waals surface area contributed by atoms with Crippen molar-refractivity contribution in [2.45, 2.75) is 58.3 Å². The maximum Gasteiger partial charge on any atom is 0.231 e. The van der Waals surface area contributed by atoms with Crippen LogP contribution in [0.1, 0.15) is 60.9 Å². The number of aromatic nitrogens is 2. The number of carbonyl (C=O) groups is 1. The number of carbonyl (C=O) groups excluding carboxylic acids is 1.